The van der Waals surface area contributed by atoms with E-state index in [0.29, 0.717) is 11.6 Å². The summed E-state index contributed by atoms with van der Waals surface area (Å²) in [5.41, 5.74) is 0.782. The van der Waals surface area contributed by atoms with Gasteiger partial charge in [0, 0.05) is 6.54 Å². The van der Waals surface area contributed by atoms with Crippen LogP contribution in [0.1, 0.15) is 23.2 Å². The van der Waals surface area contributed by atoms with Gasteiger partial charge in [-0.3, -0.25) is 4.31 Å². The van der Waals surface area contributed by atoms with Crippen molar-refractivity contribution in [3.63, 3.8) is 0 Å². The molecule has 4 aromatic rings. The lowest BCUT2D eigenvalue weighted by Crippen LogP contribution is -2.30. The second kappa shape index (κ2) is 9.33. The largest absolute Gasteiger partial charge is 0.452 e. The number of sulfonamides is 1. The number of ether oxygens (including phenoxy) is 1. The highest BCUT2D eigenvalue weighted by atomic mass is 32.2. The molecular formula is C22H19N3O5S2. The van der Waals surface area contributed by atoms with Crippen LogP contribution in [0.15, 0.2) is 81.4 Å². The van der Waals surface area contributed by atoms with Crippen molar-refractivity contribution in [3.8, 4) is 10.8 Å². The standard InChI is InChI=1S/C22H19N3O5S2/c1-2-25(17-7-4-3-5-8-17)32(27,28)18-12-10-16(11-13-18)22(26)29-15-20-23-24-21(30-20)19-9-6-14-31-19/h3-14H,2,15H2,1H3. The van der Waals surface area contributed by atoms with Crippen LogP contribution >= 0.6 is 11.3 Å². The molecule has 4 rings (SSSR count). The Labute approximate surface area is 189 Å². The minimum Gasteiger partial charge on any atom is -0.452 e. The second-order valence-corrected chi connectivity index (χ2v) is 9.39. The lowest BCUT2D eigenvalue weighted by molar-refractivity contribution is 0.0438. The van der Waals surface area contributed by atoms with Gasteiger partial charge in [-0.1, -0.05) is 24.3 Å². The Kier molecular flexibility index (Phi) is 6.33. The van der Waals surface area contributed by atoms with Gasteiger partial charge >= 0.3 is 5.97 Å². The van der Waals surface area contributed by atoms with Crippen LogP contribution in [0.2, 0.25) is 0 Å². The molecule has 10 heteroatoms. The average molecular weight is 470 g/mol. The van der Waals surface area contributed by atoms with Crippen molar-refractivity contribution >= 4 is 33.0 Å². The van der Waals surface area contributed by atoms with Crippen molar-refractivity contribution in [2.45, 2.75) is 18.4 Å². The third-order valence-corrected chi connectivity index (χ3v) is 7.31. The van der Waals surface area contributed by atoms with Gasteiger partial charge in [-0.25, -0.2) is 13.2 Å². The highest BCUT2D eigenvalue weighted by molar-refractivity contribution is 7.92. The highest BCUT2D eigenvalue weighted by Gasteiger charge is 2.24. The topological polar surface area (TPSA) is 103 Å². The minimum absolute atomic E-state index is 0.0808. The van der Waals surface area contributed by atoms with Gasteiger partial charge in [-0.2, -0.15) is 0 Å². The quantitative estimate of drug-likeness (QED) is 0.353. The van der Waals surface area contributed by atoms with Crippen molar-refractivity contribution in [2.75, 3.05) is 10.8 Å². The van der Waals surface area contributed by atoms with E-state index in [1.807, 2.05) is 23.6 Å². The van der Waals surface area contributed by atoms with E-state index in [4.69, 9.17) is 9.15 Å². The predicted molar refractivity (Wildman–Crippen MR) is 120 cm³/mol. The molecule has 0 saturated carbocycles. The van der Waals surface area contributed by atoms with Gasteiger partial charge in [0.2, 0.25) is 0 Å². The van der Waals surface area contributed by atoms with E-state index >= 15 is 0 Å². The lowest BCUT2D eigenvalue weighted by atomic mass is 10.2. The molecule has 2 aromatic carbocycles. The molecule has 0 saturated heterocycles. The molecule has 0 N–H and O–H groups in total. The van der Waals surface area contributed by atoms with Gasteiger partial charge in [-0.05, 0) is 54.8 Å². The van der Waals surface area contributed by atoms with Crippen molar-refractivity contribution in [1.82, 2.24) is 10.2 Å². The van der Waals surface area contributed by atoms with Crippen molar-refractivity contribution < 1.29 is 22.4 Å². The van der Waals surface area contributed by atoms with Gasteiger partial charge < -0.3 is 9.15 Å². The lowest BCUT2D eigenvalue weighted by Gasteiger charge is -2.22. The smallest absolute Gasteiger partial charge is 0.338 e. The van der Waals surface area contributed by atoms with E-state index in [-0.39, 0.29) is 29.5 Å². The maximum Gasteiger partial charge on any atom is 0.338 e. The number of carbonyl (C=O) groups is 1. The van der Waals surface area contributed by atoms with E-state index in [9.17, 15) is 13.2 Å². The third-order valence-electron chi connectivity index (χ3n) is 4.53. The molecule has 0 radical (unpaired) electrons. The summed E-state index contributed by atoms with van der Waals surface area (Å²) in [6.45, 7) is 1.85. The number of nitrogens with zero attached hydrogens (tertiary/aromatic N) is 3. The summed E-state index contributed by atoms with van der Waals surface area (Å²) in [6, 6.07) is 18.2. The fraction of sp³-hybridized carbons (Fsp3) is 0.136. The van der Waals surface area contributed by atoms with Crippen LogP contribution in [0.3, 0.4) is 0 Å². The van der Waals surface area contributed by atoms with E-state index < -0.39 is 16.0 Å². The predicted octanol–water partition coefficient (Wildman–Crippen LogP) is 4.37. The Morgan fingerprint density at radius 1 is 1.03 bits per heavy atom. The maximum absolute atomic E-state index is 13.0. The summed E-state index contributed by atoms with van der Waals surface area (Å²) in [5.74, 6) is -0.0953. The summed E-state index contributed by atoms with van der Waals surface area (Å²) in [4.78, 5) is 13.3. The first kappa shape index (κ1) is 21.7. The molecule has 0 spiro atoms. The molecular weight excluding hydrogens is 450 g/mol. The van der Waals surface area contributed by atoms with Crippen molar-refractivity contribution in [3.05, 3.63) is 83.6 Å². The molecule has 0 unspecified atom stereocenters. The van der Waals surface area contributed by atoms with Crippen LogP contribution in [0.25, 0.3) is 10.8 Å². The van der Waals surface area contributed by atoms with Gasteiger partial charge in [0.1, 0.15) is 0 Å². The number of thiophene rings is 1. The van der Waals surface area contributed by atoms with E-state index in [0.717, 1.165) is 4.88 Å². The molecule has 0 aliphatic carbocycles. The number of esters is 1. The summed E-state index contributed by atoms with van der Waals surface area (Å²) in [7, 11) is -3.77. The molecule has 0 amide bonds. The Bertz CT molecular complexity index is 1290. The van der Waals surface area contributed by atoms with E-state index in [1.54, 1.807) is 31.2 Å². The summed E-state index contributed by atoms with van der Waals surface area (Å²) in [5, 5.41) is 9.69. The average Bonchev–Trinajstić information content (AvgIpc) is 3.51. The number of carbonyl (C=O) groups excluding carboxylic acids is 1. The number of para-hydroxylation sites is 1. The number of aromatic nitrogens is 2. The molecule has 0 aliphatic heterocycles. The summed E-state index contributed by atoms with van der Waals surface area (Å²) in [6.07, 6.45) is 0. The molecule has 0 aliphatic rings. The van der Waals surface area contributed by atoms with Gasteiger partial charge in [-0.15, -0.1) is 21.5 Å². The molecule has 8 nitrogen and oxygen atoms in total. The molecule has 2 aromatic heterocycles. The molecule has 0 atom stereocenters. The van der Waals surface area contributed by atoms with E-state index in [1.165, 1.54) is 39.9 Å². The first-order valence-corrected chi connectivity index (χ1v) is 12.0. The first-order chi connectivity index (χ1) is 15.5. The normalized spacial score (nSPS) is 11.3. The zero-order chi connectivity index (χ0) is 22.6. The van der Waals surface area contributed by atoms with Crippen LogP contribution in [-0.4, -0.2) is 31.1 Å². The van der Waals surface area contributed by atoms with Crippen LogP contribution in [0.4, 0.5) is 5.69 Å². The van der Waals surface area contributed by atoms with Crippen molar-refractivity contribution in [1.29, 1.82) is 0 Å². The molecule has 164 valence electrons. The Balaban J connectivity index is 1.43. The number of benzene rings is 2. The van der Waals surface area contributed by atoms with Crippen LogP contribution in [0, 0.1) is 0 Å². The van der Waals surface area contributed by atoms with Gasteiger partial charge in [0.15, 0.2) is 6.61 Å². The Morgan fingerprint density at radius 3 is 2.44 bits per heavy atom. The first-order valence-electron chi connectivity index (χ1n) is 9.70. The fourth-order valence-corrected chi connectivity index (χ4v) is 5.12. The number of anilines is 1. The number of hydrogen-bond acceptors (Lipinski definition) is 8. The Hall–Kier alpha value is -3.50. The zero-order valence-electron chi connectivity index (χ0n) is 17.0. The number of hydrogen-bond donors (Lipinski definition) is 0. The van der Waals surface area contributed by atoms with Crippen LogP contribution in [0.5, 0.6) is 0 Å². The molecule has 2 heterocycles. The summed E-state index contributed by atoms with van der Waals surface area (Å²) >= 11 is 1.46. The highest BCUT2D eigenvalue weighted by Crippen LogP contribution is 2.25. The maximum atomic E-state index is 13.0. The number of rotatable bonds is 8. The molecule has 0 fully saturated rings. The molecule has 0 bridgehead atoms. The SMILES string of the molecule is CCN(c1ccccc1)S(=O)(=O)c1ccc(C(=O)OCc2nnc(-c3cccs3)o2)cc1. The monoisotopic (exact) mass is 469 g/mol. The molecule has 32 heavy (non-hydrogen) atoms. The van der Waals surface area contributed by atoms with Crippen LogP contribution < -0.4 is 4.31 Å². The van der Waals surface area contributed by atoms with E-state index in [2.05, 4.69) is 10.2 Å². The summed E-state index contributed by atoms with van der Waals surface area (Å²) < 4.78 is 38.1. The van der Waals surface area contributed by atoms with Crippen LogP contribution in [-0.2, 0) is 21.4 Å². The minimum atomic E-state index is -3.77. The Morgan fingerprint density at radius 2 is 1.78 bits per heavy atom. The van der Waals surface area contributed by atoms with Gasteiger partial charge in [0.05, 0.1) is 21.0 Å². The fourth-order valence-electron chi connectivity index (χ4n) is 3.00. The zero-order valence-corrected chi connectivity index (χ0v) is 18.7. The third kappa shape index (κ3) is 4.56. The van der Waals surface area contributed by atoms with Crippen molar-refractivity contribution in [2.24, 2.45) is 0 Å². The van der Waals surface area contributed by atoms with Gasteiger partial charge in [0.25, 0.3) is 21.8 Å². The second-order valence-electron chi connectivity index (χ2n) is 6.58.